The number of fused-ring (bicyclic) bond motifs is 1. The lowest BCUT2D eigenvalue weighted by molar-refractivity contribution is 0.467. The largest absolute Gasteiger partial charge is 0.437 e. The van der Waals surface area contributed by atoms with Crippen LogP contribution in [0.15, 0.2) is 54.9 Å². The summed E-state index contributed by atoms with van der Waals surface area (Å²) in [5.74, 6) is 1.29. The molecule has 0 bridgehead atoms. The average molecular weight is 315 g/mol. The smallest absolute Gasteiger partial charge is 0.219 e. The molecular weight excluding hydrogens is 304 g/mol. The van der Waals surface area contributed by atoms with E-state index in [1.165, 1.54) is 0 Å². The molecule has 0 amide bonds. The van der Waals surface area contributed by atoms with Crippen molar-refractivity contribution in [3.05, 3.63) is 60.4 Å². The van der Waals surface area contributed by atoms with Crippen molar-refractivity contribution >= 4 is 26.8 Å². The standard InChI is InChI=1S/C15H11BrN2O/c16-9-11-6-7-14(18-10-11)19-13-5-1-3-12-4-2-8-17-15(12)13/h1-8,10H,9H2. The first kappa shape index (κ1) is 12.1. The number of alkyl halides is 1. The number of ether oxygens (including phenoxy) is 1. The Bertz CT molecular complexity index is 693. The second kappa shape index (κ2) is 5.36. The van der Waals surface area contributed by atoms with E-state index in [1.807, 2.05) is 42.5 Å². The molecule has 2 heterocycles. The summed E-state index contributed by atoms with van der Waals surface area (Å²) < 4.78 is 5.80. The monoisotopic (exact) mass is 314 g/mol. The number of hydrogen-bond donors (Lipinski definition) is 0. The zero-order chi connectivity index (χ0) is 13.1. The maximum Gasteiger partial charge on any atom is 0.219 e. The molecule has 0 saturated carbocycles. The Kier molecular flexibility index (Phi) is 3.42. The van der Waals surface area contributed by atoms with E-state index in [2.05, 4.69) is 25.9 Å². The van der Waals surface area contributed by atoms with Gasteiger partial charge in [-0.05, 0) is 17.7 Å². The molecule has 1 aromatic carbocycles. The quantitative estimate of drug-likeness (QED) is 0.675. The Morgan fingerprint density at radius 2 is 1.89 bits per heavy atom. The Morgan fingerprint density at radius 1 is 1.00 bits per heavy atom. The highest BCUT2D eigenvalue weighted by atomic mass is 79.9. The molecule has 0 fully saturated rings. The van der Waals surface area contributed by atoms with Gasteiger partial charge in [-0.15, -0.1) is 0 Å². The lowest BCUT2D eigenvalue weighted by Crippen LogP contribution is -1.91. The van der Waals surface area contributed by atoms with Gasteiger partial charge in [0.05, 0.1) is 0 Å². The summed E-state index contributed by atoms with van der Waals surface area (Å²) in [6, 6.07) is 13.6. The fraction of sp³-hybridized carbons (Fsp3) is 0.0667. The summed E-state index contributed by atoms with van der Waals surface area (Å²) >= 11 is 3.39. The molecule has 0 unspecified atom stereocenters. The van der Waals surface area contributed by atoms with Crippen molar-refractivity contribution in [1.82, 2.24) is 9.97 Å². The number of rotatable bonds is 3. The SMILES string of the molecule is BrCc1ccc(Oc2cccc3cccnc23)nc1. The van der Waals surface area contributed by atoms with Crippen molar-refractivity contribution in [2.75, 3.05) is 0 Å². The summed E-state index contributed by atoms with van der Waals surface area (Å²) in [7, 11) is 0. The summed E-state index contributed by atoms with van der Waals surface area (Å²) in [5.41, 5.74) is 1.96. The molecule has 19 heavy (non-hydrogen) atoms. The van der Waals surface area contributed by atoms with Gasteiger partial charge >= 0.3 is 0 Å². The second-order valence-corrected chi connectivity index (χ2v) is 4.63. The van der Waals surface area contributed by atoms with Crippen LogP contribution in [-0.4, -0.2) is 9.97 Å². The van der Waals surface area contributed by atoms with Gasteiger partial charge in [0.25, 0.3) is 0 Å². The van der Waals surface area contributed by atoms with Crippen molar-refractivity contribution in [3.8, 4) is 11.6 Å². The first-order chi connectivity index (χ1) is 9.36. The zero-order valence-corrected chi connectivity index (χ0v) is 11.7. The number of aromatic nitrogens is 2. The van der Waals surface area contributed by atoms with Crippen molar-refractivity contribution < 1.29 is 4.74 Å². The molecule has 3 nitrogen and oxygen atoms in total. The van der Waals surface area contributed by atoms with Crippen LogP contribution in [0.5, 0.6) is 11.6 Å². The van der Waals surface area contributed by atoms with E-state index in [1.54, 1.807) is 12.4 Å². The molecule has 3 aromatic rings. The number of para-hydroxylation sites is 1. The van der Waals surface area contributed by atoms with Crippen LogP contribution in [0.25, 0.3) is 10.9 Å². The summed E-state index contributed by atoms with van der Waals surface area (Å²) in [4.78, 5) is 8.62. The van der Waals surface area contributed by atoms with E-state index < -0.39 is 0 Å². The third-order valence-electron chi connectivity index (χ3n) is 2.76. The number of pyridine rings is 2. The summed E-state index contributed by atoms with van der Waals surface area (Å²) in [6.45, 7) is 0. The molecule has 94 valence electrons. The molecule has 0 aliphatic heterocycles. The first-order valence-electron chi connectivity index (χ1n) is 5.89. The maximum atomic E-state index is 5.80. The molecule has 0 radical (unpaired) electrons. The maximum absolute atomic E-state index is 5.80. The lowest BCUT2D eigenvalue weighted by Gasteiger charge is -2.07. The Labute approximate surface area is 119 Å². The normalized spacial score (nSPS) is 10.6. The third-order valence-corrected chi connectivity index (χ3v) is 3.41. The van der Waals surface area contributed by atoms with Gasteiger partial charge < -0.3 is 4.74 Å². The molecular formula is C15H11BrN2O. The summed E-state index contributed by atoms with van der Waals surface area (Å²) in [5, 5.41) is 1.84. The zero-order valence-electron chi connectivity index (χ0n) is 10.1. The molecule has 3 rings (SSSR count). The fourth-order valence-electron chi connectivity index (χ4n) is 1.82. The summed E-state index contributed by atoms with van der Waals surface area (Å²) in [6.07, 6.45) is 3.55. The molecule has 0 saturated heterocycles. The Balaban J connectivity index is 1.96. The van der Waals surface area contributed by atoms with Crippen LogP contribution in [0.4, 0.5) is 0 Å². The topological polar surface area (TPSA) is 35.0 Å². The number of nitrogens with zero attached hydrogens (tertiary/aromatic N) is 2. The van der Waals surface area contributed by atoms with Gasteiger partial charge in [-0.1, -0.05) is 40.2 Å². The van der Waals surface area contributed by atoms with Crippen molar-refractivity contribution in [2.45, 2.75) is 5.33 Å². The van der Waals surface area contributed by atoms with Crippen LogP contribution >= 0.6 is 15.9 Å². The van der Waals surface area contributed by atoms with Gasteiger partial charge in [0.15, 0.2) is 5.75 Å². The van der Waals surface area contributed by atoms with Gasteiger partial charge in [0.2, 0.25) is 5.88 Å². The predicted molar refractivity (Wildman–Crippen MR) is 78.7 cm³/mol. The van der Waals surface area contributed by atoms with Gasteiger partial charge in [-0.3, -0.25) is 4.98 Å². The minimum Gasteiger partial charge on any atom is -0.437 e. The van der Waals surface area contributed by atoms with Crippen LogP contribution in [0, 0.1) is 0 Å². The van der Waals surface area contributed by atoms with Gasteiger partial charge in [0, 0.05) is 29.2 Å². The van der Waals surface area contributed by atoms with E-state index in [-0.39, 0.29) is 0 Å². The molecule has 0 aliphatic carbocycles. The van der Waals surface area contributed by atoms with Crippen LogP contribution in [-0.2, 0) is 5.33 Å². The molecule has 0 aliphatic rings. The van der Waals surface area contributed by atoms with Crippen LogP contribution in [0.2, 0.25) is 0 Å². The fourth-order valence-corrected chi connectivity index (χ4v) is 2.15. The Hall–Kier alpha value is -1.94. The first-order valence-corrected chi connectivity index (χ1v) is 7.01. The molecule has 0 N–H and O–H groups in total. The van der Waals surface area contributed by atoms with E-state index in [0.717, 1.165) is 27.5 Å². The van der Waals surface area contributed by atoms with Crippen molar-refractivity contribution in [2.24, 2.45) is 0 Å². The van der Waals surface area contributed by atoms with Gasteiger partial charge in [-0.25, -0.2) is 4.98 Å². The molecule has 4 heteroatoms. The highest BCUT2D eigenvalue weighted by Crippen LogP contribution is 2.27. The minimum atomic E-state index is 0.572. The molecule has 2 aromatic heterocycles. The highest BCUT2D eigenvalue weighted by molar-refractivity contribution is 9.08. The van der Waals surface area contributed by atoms with Crippen LogP contribution < -0.4 is 4.74 Å². The number of hydrogen-bond acceptors (Lipinski definition) is 3. The van der Waals surface area contributed by atoms with Gasteiger partial charge in [-0.2, -0.15) is 0 Å². The third kappa shape index (κ3) is 2.58. The second-order valence-electron chi connectivity index (χ2n) is 4.07. The average Bonchev–Trinajstić information content (AvgIpc) is 2.48. The van der Waals surface area contributed by atoms with Crippen molar-refractivity contribution in [1.29, 1.82) is 0 Å². The minimum absolute atomic E-state index is 0.572. The Morgan fingerprint density at radius 3 is 2.68 bits per heavy atom. The van der Waals surface area contributed by atoms with E-state index >= 15 is 0 Å². The van der Waals surface area contributed by atoms with Crippen LogP contribution in [0.3, 0.4) is 0 Å². The lowest BCUT2D eigenvalue weighted by atomic mass is 10.2. The van der Waals surface area contributed by atoms with Gasteiger partial charge in [0.1, 0.15) is 5.52 Å². The number of benzene rings is 1. The highest BCUT2D eigenvalue weighted by Gasteiger charge is 2.04. The van der Waals surface area contributed by atoms with E-state index in [9.17, 15) is 0 Å². The van der Waals surface area contributed by atoms with Crippen molar-refractivity contribution in [3.63, 3.8) is 0 Å². The van der Waals surface area contributed by atoms with E-state index in [4.69, 9.17) is 4.74 Å². The molecule has 0 spiro atoms. The van der Waals surface area contributed by atoms with Crippen LogP contribution in [0.1, 0.15) is 5.56 Å². The predicted octanol–water partition coefficient (Wildman–Crippen LogP) is 4.32. The van der Waals surface area contributed by atoms with E-state index in [0.29, 0.717) is 5.88 Å². The number of halogens is 1. The molecule has 0 atom stereocenters.